The highest BCUT2D eigenvalue weighted by Gasteiger charge is 2.44. The van der Waals surface area contributed by atoms with Gasteiger partial charge in [0.1, 0.15) is 24.0 Å². The number of aliphatic hydroxyl groups excluding tert-OH is 1. The maximum atomic E-state index is 14.5. The predicted octanol–water partition coefficient (Wildman–Crippen LogP) is 4.88. The molecule has 2 aliphatic rings. The molecule has 258 valence electrons. The number of furan rings is 1. The Hall–Kier alpha value is -3.53. The first-order chi connectivity index (χ1) is 27.7. The van der Waals surface area contributed by atoms with Crippen LogP contribution in [0, 0.1) is 18.7 Å². The van der Waals surface area contributed by atoms with Crippen molar-refractivity contribution in [2.75, 3.05) is 26.2 Å². The van der Waals surface area contributed by atoms with Crippen LogP contribution >= 0.6 is 11.3 Å². The van der Waals surface area contributed by atoms with E-state index in [2.05, 4.69) is 10.3 Å². The standard InChI is InChI=1S/C34H41N3O9S2/c1-21(2)16-37(48(40,41)27-8-9-31-24(15-27)10-12-42-31)17-30(38)29(36-34(39)46-32-19-45-33-28(32)11-13-43-33)14-23-4-6-26(7-5-23)44-18-25-20-47-22(3)35-25/h4-10,12,15,20-21,28-30,32-33,38H,11,13-14,16-19H2,1-3H3,(H,36,39)/t28-,29-,30+,32-,33+/m0/s1/i1D3,2D3,16D2,19D2,21D,32D. The molecule has 4 aromatic rings. The third-order valence-corrected chi connectivity index (χ3v) is 10.1. The Labute approximate surface area is 300 Å². The van der Waals surface area contributed by atoms with Gasteiger partial charge < -0.3 is 33.8 Å². The molecule has 6 rings (SSSR count). The molecule has 14 heteroatoms. The topological polar surface area (TPSA) is 150 Å². The quantitative estimate of drug-likeness (QED) is 0.185. The van der Waals surface area contributed by atoms with Crippen LogP contribution in [-0.2, 0) is 37.3 Å². The van der Waals surface area contributed by atoms with Crippen LogP contribution in [0.25, 0.3) is 11.0 Å². The molecule has 5 atom stereocenters. The van der Waals surface area contributed by atoms with E-state index in [1.165, 1.54) is 41.9 Å². The van der Waals surface area contributed by atoms with Gasteiger partial charge in [-0.15, -0.1) is 11.3 Å². The molecule has 0 unspecified atom stereocenters. The number of fused-ring (bicyclic) bond motifs is 2. The molecule has 0 saturated carbocycles. The molecule has 2 fully saturated rings. The molecule has 0 aliphatic carbocycles. The van der Waals surface area contributed by atoms with E-state index in [1.807, 2.05) is 12.3 Å². The number of rotatable bonds is 14. The Kier molecular flexibility index (Phi) is 6.92. The average molecular weight is 712 g/mol. The predicted molar refractivity (Wildman–Crippen MR) is 178 cm³/mol. The first kappa shape index (κ1) is 22.2. The zero-order chi connectivity index (χ0) is 44.3. The molecule has 2 aromatic carbocycles. The van der Waals surface area contributed by atoms with E-state index in [-0.39, 0.29) is 34.9 Å². The molecule has 48 heavy (non-hydrogen) atoms. The number of hydrogen-bond acceptors (Lipinski definition) is 11. The Bertz CT molecular complexity index is 2280. The zero-order valence-electron chi connectivity index (χ0n) is 37.5. The van der Waals surface area contributed by atoms with E-state index >= 15 is 0 Å². The van der Waals surface area contributed by atoms with E-state index < -0.39 is 97.1 Å². The number of aromatic nitrogens is 1. The van der Waals surface area contributed by atoms with Crippen LogP contribution in [0.5, 0.6) is 5.75 Å². The van der Waals surface area contributed by atoms with Gasteiger partial charge in [-0.1, -0.05) is 25.8 Å². The van der Waals surface area contributed by atoms with Crippen LogP contribution < -0.4 is 10.1 Å². The number of nitrogens with one attached hydrogen (secondary N) is 1. The summed E-state index contributed by atoms with van der Waals surface area (Å²) in [4.78, 5) is 17.3. The minimum Gasteiger partial charge on any atom is -0.487 e. The van der Waals surface area contributed by atoms with Gasteiger partial charge in [-0.3, -0.25) is 0 Å². The van der Waals surface area contributed by atoms with Crippen LogP contribution in [0.15, 0.2) is 69.5 Å². The molecular formula is C34H41N3O9S2. The number of sulfonamides is 1. The first-order valence-corrected chi connectivity index (χ1v) is 17.1. The molecule has 0 spiro atoms. The number of aliphatic hydroxyl groups is 1. The number of ether oxygens (including phenoxy) is 4. The highest BCUT2D eigenvalue weighted by atomic mass is 32.2. The summed E-state index contributed by atoms with van der Waals surface area (Å²) in [7, 11) is -5.39. The van der Waals surface area contributed by atoms with E-state index in [0.717, 1.165) is 17.1 Å². The lowest BCUT2D eigenvalue weighted by atomic mass is 10.0. The minimum atomic E-state index is -5.39. The Morgan fingerprint density at radius 2 is 2.12 bits per heavy atom. The summed E-state index contributed by atoms with van der Waals surface area (Å²) in [5, 5.41) is 17.1. The summed E-state index contributed by atoms with van der Waals surface area (Å²) in [5.74, 6) is -4.85. The summed E-state index contributed by atoms with van der Waals surface area (Å²) in [5.41, 5.74) is 1.24. The monoisotopic (exact) mass is 711 g/mol. The molecule has 2 N–H and O–H groups in total. The van der Waals surface area contributed by atoms with Crippen molar-refractivity contribution in [3.8, 4) is 5.75 Å². The number of nitrogens with zero attached hydrogens (tertiary/aromatic N) is 2. The van der Waals surface area contributed by atoms with Crippen molar-refractivity contribution < 1.29 is 58.1 Å². The molecule has 2 aliphatic heterocycles. The summed E-state index contributed by atoms with van der Waals surface area (Å²) < 4.78 is 156. The summed E-state index contributed by atoms with van der Waals surface area (Å²) in [6.45, 7) is -14.4. The first-order valence-electron chi connectivity index (χ1n) is 20.8. The van der Waals surface area contributed by atoms with Crippen LogP contribution in [0.2, 0.25) is 0 Å². The number of hydrogen-bond donors (Lipinski definition) is 2. The highest BCUT2D eigenvalue weighted by molar-refractivity contribution is 7.89. The molecule has 2 saturated heterocycles. The molecular weight excluding hydrogens is 659 g/mol. The summed E-state index contributed by atoms with van der Waals surface area (Å²) >= 11 is 1.44. The third-order valence-electron chi connectivity index (χ3n) is 7.66. The van der Waals surface area contributed by atoms with Gasteiger partial charge in [-0.2, -0.15) is 4.31 Å². The summed E-state index contributed by atoms with van der Waals surface area (Å²) in [6.07, 6.45) is -6.70. The van der Waals surface area contributed by atoms with Crippen molar-refractivity contribution in [2.24, 2.45) is 11.8 Å². The van der Waals surface area contributed by atoms with Gasteiger partial charge in [0.2, 0.25) is 10.0 Å². The Balaban J connectivity index is 1.37. The largest absolute Gasteiger partial charge is 0.487 e. The lowest BCUT2D eigenvalue weighted by Crippen LogP contribution is -2.51. The molecule has 1 amide bonds. The summed E-state index contributed by atoms with van der Waals surface area (Å²) in [6, 6.07) is 9.03. The van der Waals surface area contributed by atoms with Crippen LogP contribution in [0.4, 0.5) is 4.79 Å². The molecule has 0 bridgehead atoms. The fourth-order valence-electron chi connectivity index (χ4n) is 5.25. The Morgan fingerprint density at radius 3 is 2.90 bits per heavy atom. The van der Waals surface area contributed by atoms with E-state index in [9.17, 15) is 18.3 Å². The van der Waals surface area contributed by atoms with Crippen molar-refractivity contribution in [3.05, 3.63) is 76.4 Å². The second kappa shape index (κ2) is 14.9. The lowest BCUT2D eigenvalue weighted by molar-refractivity contribution is -0.0907. The minimum absolute atomic E-state index is 0.0747. The van der Waals surface area contributed by atoms with Gasteiger partial charge in [0.05, 0.1) is 57.2 Å². The highest BCUT2D eigenvalue weighted by Crippen LogP contribution is 2.33. The molecule has 0 radical (unpaired) electrons. The third kappa shape index (κ3) is 8.18. The van der Waals surface area contributed by atoms with Crippen LogP contribution in [-0.4, -0.2) is 79.6 Å². The van der Waals surface area contributed by atoms with Gasteiger partial charge in [0, 0.05) is 36.1 Å². The van der Waals surface area contributed by atoms with E-state index in [1.54, 1.807) is 12.1 Å². The number of amides is 1. The fraction of sp³-hybridized carbons (Fsp3) is 0.471. The zero-order valence-corrected chi connectivity index (χ0v) is 27.2. The average Bonchev–Trinajstić information content (AvgIpc) is 3.94. The SMILES string of the molecule is [2H]C([2H])([2H])C([2H])(C([2H])([2H])[2H])C([2H])([2H])N(C[C@@H](O)[C@H](Cc1ccc(OCc2csc(C)n2)cc1)NC(=O)O[C@]1([2H])[C@@H]2CCO[C@@H]2OC1([2H])[2H])S(=O)(=O)c1ccc2occc2c1. The Morgan fingerprint density at radius 1 is 1.29 bits per heavy atom. The number of aryl methyl sites for hydroxylation is 1. The van der Waals surface area contributed by atoms with Gasteiger partial charge in [0.25, 0.3) is 0 Å². The van der Waals surface area contributed by atoms with Gasteiger partial charge in [-0.05, 0) is 67.6 Å². The molecule has 12 nitrogen and oxygen atoms in total. The van der Waals surface area contributed by atoms with Crippen molar-refractivity contribution >= 4 is 38.4 Å². The lowest BCUT2D eigenvalue weighted by Gasteiger charge is -2.31. The van der Waals surface area contributed by atoms with Crippen molar-refractivity contribution in [1.29, 1.82) is 0 Å². The second-order valence-electron chi connectivity index (χ2n) is 11.1. The maximum absolute atomic E-state index is 14.5. The number of thiazole rings is 1. The van der Waals surface area contributed by atoms with Crippen LogP contribution in [0.1, 0.15) is 52.8 Å². The van der Waals surface area contributed by atoms with Crippen molar-refractivity contribution in [3.63, 3.8) is 0 Å². The van der Waals surface area contributed by atoms with Gasteiger partial charge in [0.15, 0.2) is 6.29 Å². The van der Waals surface area contributed by atoms with E-state index in [4.69, 9.17) is 39.8 Å². The number of carbonyl (C=O) groups is 1. The maximum Gasteiger partial charge on any atom is 0.407 e. The van der Waals surface area contributed by atoms with Crippen molar-refractivity contribution in [2.45, 2.75) is 69.5 Å². The smallest absolute Gasteiger partial charge is 0.407 e. The number of carbonyl (C=O) groups excluding carboxylic acids is 1. The van der Waals surface area contributed by atoms with Crippen LogP contribution in [0.3, 0.4) is 0 Å². The van der Waals surface area contributed by atoms with Crippen molar-refractivity contribution in [1.82, 2.24) is 14.6 Å². The number of benzene rings is 2. The van der Waals surface area contributed by atoms with E-state index in [0.29, 0.717) is 17.0 Å². The van der Waals surface area contributed by atoms with Gasteiger partial charge >= 0.3 is 6.09 Å². The second-order valence-corrected chi connectivity index (χ2v) is 14.0. The number of alkyl carbamates (subject to hydrolysis) is 1. The molecule has 2 aromatic heterocycles. The van der Waals surface area contributed by atoms with Gasteiger partial charge in [-0.25, -0.2) is 18.2 Å². The fourth-order valence-corrected chi connectivity index (χ4v) is 7.18. The molecule has 4 heterocycles. The normalized spacial score (nSPS) is 28.0.